The van der Waals surface area contributed by atoms with Gasteiger partial charge in [0.05, 0.1) is 11.0 Å². The molecule has 0 fully saturated rings. The van der Waals surface area contributed by atoms with Gasteiger partial charge in [-0.3, -0.25) is 9.36 Å². The molecular formula is C16H12N2O. The van der Waals surface area contributed by atoms with Crippen molar-refractivity contribution in [1.29, 1.82) is 0 Å². The molecule has 0 atom stereocenters. The fourth-order valence-corrected chi connectivity index (χ4v) is 1.95. The van der Waals surface area contributed by atoms with Crippen LogP contribution in [0.4, 0.5) is 0 Å². The van der Waals surface area contributed by atoms with Gasteiger partial charge in [-0.25, -0.2) is 4.98 Å². The number of hydrogen-bond acceptors (Lipinski definition) is 2. The average molecular weight is 248 g/mol. The van der Waals surface area contributed by atoms with Crippen molar-refractivity contribution in [2.75, 3.05) is 0 Å². The molecule has 3 heteroatoms. The average Bonchev–Trinajstić information content (AvgIpc) is 2.90. The highest BCUT2D eigenvalue weighted by Gasteiger charge is 2.05. The van der Waals surface area contributed by atoms with Crippen LogP contribution >= 0.6 is 0 Å². The molecule has 2 aromatic carbocycles. The number of nitrogens with zero attached hydrogens (tertiary/aromatic N) is 2. The minimum Gasteiger partial charge on any atom is -0.269 e. The molecule has 19 heavy (non-hydrogen) atoms. The molecule has 0 aliphatic carbocycles. The molecule has 0 unspecified atom stereocenters. The van der Waals surface area contributed by atoms with Crippen LogP contribution in [0.15, 0.2) is 67.0 Å². The lowest BCUT2D eigenvalue weighted by atomic mass is 10.2. The molecule has 3 rings (SSSR count). The minimum absolute atomic E-state index is 0.0995. The number of hydrogen-bond donors (Lipinski definition) is 0. The summed E-state index contributed by atoms with van der Waals surface area (Å²) in [6.07, 6.45) is 4.92. The molecule has 0 spiro atoms. The van der Waals surface area contributed by atoms with E-state index in [-0.39, 0.29) is 5.91 Å². The molecule has 3 aromatic rings. The van der Waals surface area contributed by atoms with Crippen molar-refractivity contribution in [2.24, 2.45) is 0 Å². The van der Waals surface area contributed by atoms with Gasteiger partial charge >= 0.3 is 0 Å². The van der Waals surface area contributed by atoms with E-state index in [0.29, 0.717) is 0 Å². The smallest absolute Gasteiger partial charge is 0.256 e. The van der Waals surface area contributed by atoms with Crippen LogP contribution in [0.25, 0.3) is 17.1 Å². The highest BCUT2D eigenvalue weighted by molar-refractivity contribution is 5.99. The summed E-state index contributed by atoms with van der Waals surface area (Å²) in [5.41, 5.74) is 2.65. The quantitative estimate of drug-likeness (QED) is 0.651. The van der Waals surface area contributed by atoms with Crippen molar-refractivity contribution in [3.05, 3.63) is 72.6 Å². The third kappa shape index (κ3) is 2.31. The molecule has 1 aromatic heterocycles. The Bertz CT molecular complexity index is 742. The van der Waals surface area contributed by atoms with Gasteiger partial charge in [0.2, 0.25) is 0 Å². The summed E-state index contributed by atoms with van der Waals surface area (Å²) in [6, 6.07) is 17.3. The number of allylic oxidation sites excluding steroid dienone is 1. The first-order chi connectivity index (χ1) is 9.34. The normalized spacial score (nSPS) is 11.2. The number of carbonyl (C=O) groups excluding carboxylic acids is 1. The zero-order chi connectivity index (χ0) is 13.1. The molecular weight excluding hydrogens is 236 g/mol. The number of imidazole rings is 1. The molecule has 0 aliphatic heterocycles. The number of rotatable bonds is 2. The maximum Gasteiger partial charge on any atom is 0.256 e. The standard InChI is InChI=1S/C16H12N2O/c19-16(11-10-13-6-2-1-3-7-13)18-12-17-14-8-4-5-9-15(14)18/h1-12H/b11-10-. The van der Waals surface area contributed by atoms with Crippen molar-refractivity contribution < 1.29 is 4.79 Å². The summed E-state index contributed by atoms with van der Waals surface area (Å²) in [6.45, 7) is 0. The van der Waals surface area contributed by atoms with E-state index >= 15 is 0 Å². The number of carbonyl (C=O) groups is 1. The lowest BCUT2D eigenvalue weighted by Crippen LogP contribution is -2.04. The van der Waals surface area contributed by atoms with E-state index < -0.39 is 0 Å². The maximum absolute atomic E-state index is 12.1. The van der Waals surface area contributed by atoms with E-state index in [0.717, 1.165) is 16.6 Å². The van der Waals surface area contributed by atoms with Crippen molar-refractivity contribution in [1.82, 2.24) is 9.55 Å². The summed E-state index contributed by atoms with van der Waals surface area (Å²) in [5, 5.41) is 0. The van der Waals surface area contributed by atoms with Gasteiger partial charge in [0, 0.05) is 6.08 Å². The predicted molar refractivity (Wildman–Crippen MR) is 75.8 cm³/mol. The minimum atomic E-state index is -0.0995. The molecule has 0 saturated heterocycles. The van der Waals surface area contributed by atoms with Crippen LogP contribution in [0.5, 0.6) is 0 Å². The molecule has 92 valence electrons. The topological polar surface area (TPSA) is 34.9 Å². The van der Waals surface area contributed by atoms with E-state index in [1.807, 2.05) is 54.6 Å². The highest BCUT2D eigenvalue weighted by atomic mass is 16.1. The number of benzene rings is 2. The van der Waals surface area contributed by atoms with E-state index in [1.165, 1.54) is 0 Å². The Morgan fingerprint density at radius 1 is 1.00 bits per heavy atom. The summed E-state index contributed by atoms with van der Waals surface area (Å²) in [7, 11) is 0. The Kier molecular flexibility index (Phi) is 2.94. The fourth-order valence-electron chi connectivity index (χ4n) is 1.95. The van der Waals surface area contributed by atoms with Gasteiger partial charge < -0.3 is 0 Å². The zero-order valence-corrected chi connectivity index (χ0v) is 10.2. The maximum atomic E-state index is 12.1. The van der Waals surface area contributed by atoms with Crippen LogP contribution < -0.4 is 0 Å². The van der Waals surface area contributed by atoms with Crippen molar-refractivity contribution >= 4 is 23.0 Å². The highest BCUT2D eigenvalue weighted by Crippen LogP contribution is 2.12. The largest absolute Gasteiger partial charge is 0.269 e. The Balaban J connectivity index is 1.91. The van der Waals surface area contributed by atoms with Crippen LogP contribution in [0.3, 0.4) is 0 Å². The van der Waals surface area contributed by atoms with Gasteiger partial charge in [0.15, 0.2) is 0 Å². The third-order valence-electron chi connectivity index (χ3n) is 2.91. The number of para-hydroxylation sites is 2. The first-order valence-electron chi connectivity index (χ1n) is 6.04. The van der Waals surface area contributed by atoms with Crippen LogP contribution in [-0.4, -0.2) is 15.5 Å². The van der Waals surface area contributed by atoms with Crippen LogP contribution in [-0.2, 0) is 0 Å². The fraction of sp³-hybridized carbons (Fsp3) is 0. The second kappa shape index (κ2) is 4.90. The second-order valence-corrected chi connectivity index (χ2v) is 4.19. The van der Waals surface area contributed by atoms with Gasteiger partial charge in [0.25, 0.3) is 5.91 Å². The number of fused-ring (bicyclic) bond motifs is 1. The number of aromatic nitrogens is 2. The molecule has 0 amide bonds. The predicted octanol–water partition coefficient (Wildman–Crippen LogP) is 3.39. The van der Waals surface area contributed by atoms with E-state index in [9.17, 15) is 4.79 Å². The third-order valence-corrected chi connectivity index (χ3v) is 2.91. The van der Waals surface area contributed by atoms with E-state index in [1.54, 1.807) is 23.0 Å². The van der Waals surface area contributed by atoms with Crippen molar-refractivity contribution in [2.45, 2.75) is 0 Å². The summed E-state index contributed by atoms with van der Waals surface area (Å²) >= 11 is 0. The van der Waals surface area contributed by atoms with Crippen molar-refractivity contribution in [3.63, 3.8) is 0 Å². The van der Waals surface area contributed by atoms with Gasteiger partial charge in [-0.2, -0.15) is 0 Å². The SMILES string of the molecule is O=C(/C=C\c1ccccc1)n1cnc2ccccc21. The van der Waals surface area contributed by atoms with Gasteiger partial charge in [-0.1, -0.05) is 42.5 Å². The lowest BCUT2D eigenvalue weighted by Gasteiger charge is -1.98. The van der Waals surface area contributed by atoms with Crippen LogP contribution in [0, 0.1) is 0 Å². The zero-order valence-electron chi connectivity index (χ0n) is 10.2. The summed E-state index contributed by atoms with van der Waals surface area (Å²) in [4.78, 5) is 16.3. The Labute approximate surface area is 110 Å². The monoisotopic (exact) mass is 248 g/mol. The molecule has 0 aliphatic rings. The van der Waals surface area contributed by atoms with Crippen molar-refractivity contribution in [3.8, 4) is 0 Å². The molecule has 1 heterocycles. The molecule has 3 nitrogen and oxygen atoms in total. The second-order valence-electron chi connectivity index (χ2n) is 4.19. The summed E-state index contributed by atoms with van der Waals surface area (Å²) < 4.78 is 1.55. The first-order valence-corrected chi connectivity index (χ1v) is 6.04. The Hall–Kier alpha value is -2.68. The summed E-state index contributed by atoms with van der Waals surface area (Å²) in [5.74, 6) is -0.0995. The van der Waals surface area contributed by atoms with Crippen LogP contribution in [0.1, 0.15) is 10.4 Å². The molecule has 0 saturated carbocycles. The molecule has 0 N–H and O–H groups in total. The first kappa shape index (κ1) is 11.4. The van der Waals surface area contributed by atoms with Gasteiger partial charge in [-0.15, -0.1) is 0 Å². The van der Waals surface area contributed by atoms with E-state index in [2.05, 4.69) is 4.98 Å². The van der Waals surface area contributed by atoms with E-state index in [4.69, 9.17) is 0 Å². The molecule has 0 radical (unpaired) electrons. The lowest BCUT2D eigenvalue weighted by molar-refractivity contribution is 0.0974. The van der Waals surface area contributed by atoms with Gasteiger partial charge in [0.1, 0.15) is 6.33 Å². The van der Waals surface area contributed by atoms with Gasteiger partial charge in [-0.05, 0) is 23.8 Å². The molecule has 0 bridgehead atoms. The van der Waals surface area contributed by atoms with Crippen LogP contribution in [0.2, 0.25) is 0 Å². The Morgan fingerprint density at radius 3 is 2.58 bits per heavy atom. The Morgan fingerprint density at radius 2 is 1.74 bits per heavy atom.